The zero-order valence-electron chi connectivity index (χ0n) is 9.61. The van der Waals surface area contributed by atoms with E-state index in [0.29, 0.717) is 0 Å². The van der Waals surface area contributed by atoms with Gasteiger partial charge in [-0.2, -0.15) is 5.10 Å². The van der Waals surface area contributed by atoms with Gasteiger partial charge in [-0.25, -0.2) is 9.31 Å². The lowest BCUT2D eigenvalue weighted by Crippen LogP contribution is -2.06. The fourth-order valence-electron chi connectivity index (χ4n) is 1.65. The highest BCUT2D eigenvalue weighted by molar-refractivity contribution is 5.96. The van der Waals surface area contributed by atoms with Crippen LogP contribution in [0.1, 0.15) is 10.4 Å². The Balaban J connectivity index is 2.80. The number of rotatable bonds is 3. The number of esters is 1. The zero-order valence-corrected chi connectivity index (χ0v) is 9.61. The van der Waals surface area contributed by atoms with Crippen molar-refractivity contribution in [3.63, 3.8) is 0 Å². The lowest BCUT2D eigenvalue weighted by molar-refractivity contribution is -0.383. The van der Waals surface area contributed by atoms with Gasteiger partial charge in [-0.1, -0.05) is 0 Å². The summed E-state index contributed by atoms with van der Waals surface area (Å²) in [4.78, 5) is 21.8. The zero-order chi connectivity index (χ0) is 13.3. The third kappa shape index (κ3) is 1.63. The molecule has 0 amide bonds. The van der Waals surface area contributed by atoms with E-state index in [0.717, 1.165) is 6.20 Å². The second-order valence-corrected chi connectivity index (χ2v) is 3.33. The molecule has 0 bridgehead atoms. The third-order valence-electron chi connectivity index (χ3n) is 2.42. The Labute approximate surface area is 101 Å². The first-order valence-corrected chi connectivity index (χ1v) is 4.87. The number of nitro groups is 1. The molecule has 18 heavy (non-hydrogen) atoms. The first-order chi connectivity index (χ1) is 8.60. The Morgan fingerprint density at radius 2 is 2.22 bits per heavy atom. The molecule has 2 heterocycles. The number of carbonyl (C=O) groups excluding carboxylic acids is 1. The average molecular weight is 251 g/mol. The van der Waals surface area contributed by atoms with E-state index in [-0.39, 0.29) is 22.5 Å². The number of hydrogen-bond acceptors (Lipinski definition) is 6. The summed E-state index contributed by atoms with van der Waals surface area (Å²) in [6.45, 7) is 0. The molecule has 0 aliphatic carbocycles. The molecule has 2 rings (SSSR count). The number of fused-ring (bicyclic) bond motifs is 1. The van der Waals surface area contributed by atoms with E-state index in [1.54, 1.807) is 0 Å². The van der Waals surface area contributed by atoms with Crippen molar-refractivity contribution in [3.8, 4) is 5.75 Å². The number of nitrogens with zero attached hydrogens (tertiary/aromatic N) is 3. The van der Waals surface area contributed by atoms with Crippen LogP contribution in [0.2, 0.25) is 0 Å². The van der Waals surface area contributed by atoms with Gasteiger partial charge >= 0.3 is 11.7 Å². The maximum Gasteiger partial charge on any atom is 0.341 e. The molecule has 0 aromatic carbocycles. The molecule has 2 aromatic heterocycles. The summed E-state index contributed by atoms with van der Waals surface area (Å²) in [5.41, 5.74) is -0.0147. The Hall–Kier alpha value is -2.64. The van der Waals surface area contributed by atoms with Gasteiger partial charge in [-0.15, -0.1) is 0 Å². The van der Waals surface area contributed by atoms with Gasteiger partial charge in [0.25, 0.3) is 0 Å². The molecular weight excluding hydrogens is 242 g/mol. The van der Waals surface area contributed by atoms with Gasteiger partial charge in [-0.05, 0) is 6.07 Å². The second kappa shape index (κ2) is 4.32. The smallest absolute Gasteiger partial charge is 0.341 e. The summed E-state index contributed by atoms with van der Waals surface area (Å²) in [5, 5.41) is 14.7. The summed E-state index contributed by atoms with van der Waals surface area (Å²) in [6.07, 6.45) is 2.52. The van der Waals surface area contributed by atoms with E-state index in [2.05, 4.69) is 9.84 Å². The normalized spacial score (nSPS) is 10.3. The quantitative estimate of drug-likeness (QED) is 0.459. The highest BCUT2D eigenvalue weighted by Crippen LogP contribution is 2.32. The van der Waals surface area contributed by atoms with Gasteiger partial charge in [0.2, 0.25) is 0 Å². The summed E-state index contributed by atoms with van der Waals surface area (Å²) in [5.74, 6) is -0.571. The molecular formula is C10H9N3O5. The summed E-state index contributed by atoms with van der Waals surface area (Å²) in [6, 6.07) is 1.42. The van der Waals surface area contributed by atoms with Gasteiger partial charge in [0.05, 0.1) is 19.1 Å². The lowest BCUT2D eigenvalue weighted by Gasteiger charge is -2.07. The van der Waals surface area contributed by atoms with Crippen LogP contribution in [0.25, 0.3) is 5.52 Å². The highest BCUT2D eigenvalue weighted by Gasteiger charge is 2.24. The van der Waals surface area contributed by atoms with Crippen molar-refractivity contribution >= 4 is 17.2 Å². The second-order valence-electron chi connectivity index (χ2n) is 3.33. The van der Waals surface area contributed by atoms with Crippen molar-refractivity contribution in [3.05, 3.63) is 34.1 Å². The third-order valence-corrected chi connectivity index (χ3v) is 2.42. The minimum Gasteiger partial charge on any atom is -0.493 e. The first kappa shape index (κ1) is 11.8. The maximum absolute atomic E-state index is 11.5. The van der Waals surface area contributed by atoms with E-state index in [4.69, 9.17) is 4.74 Å². The average Bonchev–Trinajstić information content (AvgIpc) is 2.80. The van der Waals surface area contributed by atoms with Gasteiger partial charge in [0.15, 0.2) is 11.3 Å². The predicted octanol–water partition coefficient (Wildman–Crippen LogP) is 1.04. The molecule has 8 heteroatoms. The minimum absolute atomic E-state index is 0.0635. The fourth-order valence-corrected chi connectivity index (χ4v) is 1.65. The Bertz CT molecular complexity index is 634. The molecule has 0 fully saturated rings. The van der Waals surface area contributed by atoms with E-state index in [1.807, 2.05) is 0 Å². The van der Waals surface area contributed by atoms with E-state index in [1.165, 1.54) is 31.0 Å². The van der Waals surface area contributed by atoms with Gasteiger partial charge in [0, 0.05) is 6.20 Å². The van der Waals surface area contributed by atoms with Crippen LogP contribution >= 0.6 is 0 Å². The Morgan fingerprint density at radius 3 is 2.78 bits per heavy atom. The van der Waals surface area contributed by atoms with Crippen molar-refractivity contribution in [2.75, 3.05) is 14.2 Å². The fraction of sp³-hybridized carbons (Fsp3) is 0.200. The molecule has 0 aliphatic heterocycles. The molecule has 0 N–H and O–H groups in total. The molecule has 0 unspecified atom stereocenters. The summed E-state index contributed by atoms with van der Waals surface area (Å²) < 4.78 is 10.9. The van der Waals surface area contributed by atoms with Crippen LogP contribution in [0.3, 0.4) is 0 Å². The number of hydrogen-bond donors (Lipinski definition) is 0. The molecule has 0 spiro atoms. The largest absolute Gasteiger partial charge is 0.493 e. The number of carbonyl (C=O) groups is 1. The van der Waals surface area contributed by atoms with Crippen LogP contribution in [0.4, 0.5) is 5.69 Å². The van der Waals surface area contributed by atoms with E-state index in [9.17, 15) is 14.9 Å². The highest BCUT2D eigenvalue weighted by atomic mass is 16.6. The molecule has 0 saturated heterocycles. The van der Waals surface area contributed by atoms with Crippen molar-refractivity contribution in [1.29, 1.82) is 0 Å². The van der Waals surface area contributed by atoms with E-state index >= 15 is 0 Å². The summed E-state index contributed by atoms with van der Waals surface area (Å²) in [7, 11) is 2.54. The summed E-state index contributed by atoms with van der Waals surface area (Å²) >= 11 is 0. The van der Waals surface area contributed by atoms with Crippen molar-refractivity contribution in [2.45, 2.75) is 0 Å². The molecule has 0 atom stereocenters. The number of ether oxygens (including phenoxy) is 2. The Morgan fingerprint density at radius 1 is 1.50 bits per heavy atom. The monoisotopic (exact) mass is 251 g/mol. The molecule has 8 nitrogen and oxygen atoms in total. The molecule has 2 aromatic rings. The molecule has 0 radical (unpaired) electrons. The Kier molecular flexibility index (Phi) is 2.84. The van der Waals surface area contributed by atoms with Crippen LogP contribution in [0, 0.1) is 10.1 Å². The number of pyridine rings is 1. The standard InChI is InChI=1S/C10H9N3O5/c1-17-9-6(10(14)18-2)3-4-12-8(9)7(5-11-12)13(15)16/h3-5H,1-2H3. The van der Waals surface area contributed by atoms with Crippen LogP contribution in [-0.4, -0.2) is 34.7 Å². The van der Waals surface area contributed by atoms with E-state index < -0.39 is 10.9 Å². The van der Waals surface area contributed by atoms with Crippen LogP contribution < -0.4 is 4.74 Å². The van der Waals surface area contributed by atoms with Crippen molar-refractivity contribution < 1.29 is 19.2 Å². The van der Waals surface area contributed by atoms with Crippen LogP contribution in [0.15, 0.2) is 18.5 Å². The van der Waals surface area contributed by atoms with Crippen LogP contribution in [0.5, 0.6) is 5.75 Å². The first-order valence-electron chi connectivity index (χ1n) is 4.87. The molecule has 0 saturated carbocycles. The maximum atomic E-state index is 11.5. The minimum atomic E-state index is -0.634. The van der Waals surface area contributed by atoms with Gasteiger partial charge < -0.3 is 9.47 Å². The number of aromatic nitrogens is 2. The van der Waals surface area contributed by atoms with Gasteiger partial charge in [0.1, 0.15) is 11.8 Å². The molecule has 0 aliphatic rings. The predicted molar refractivity (Wildman–Crippen MR) is 59.7 cm³/mol. The topological polar surface area (TPSA) is 96.0 Å². The van der Waals surface area contributed by atoms with Gasteiger partial charge in [-0.3, -0.25) is 10.1 Å². The lowest BCUT2D eigenvalue weighted by atomic mass is 10.2. The van der Waals surface area contributed by atoms with Crippen LogP contribution in [-0.2, 0) is 4.74 Å². The SMILES string of the molecule is COC(=O)c1ccn2ncc([N+](=O)[O-])c2c1OC. The number of methoxy groups -OCH3 is 2. The molecule has 94 valence electrons. The van der Waals surface area contributed by atoms with Crippen molar-refractivity contribution in [1.82, 2.24) is 9.61 Å². The van der Waals surface area contributed by atoms with Crippen molar-refractivity contribution in [2.24, 2.45) is 0 Å².